The van der Waals surface area contributed by atoms with Crippen molar-refractivity contribution in [1.82, 2.24) is 0 Å². The summed E-state index contributed by atoms with van der Waals surface area (Å²) in [4.78, 5) is 22.0. The monoisotopic (exact) mass is 457 g/mol. The minimum absolute atomic E-state index is 0. The van der Waals surface area contributed by atoms with Gasteiger partial charge in [0, 0.05) is 11.1 Å². The molecule has 2 aromatic carbocycles. The predicted octanol–water partition coefficient (Wildman–Crippen LogP) is -5.11. The van der Waals surface area contributed by atoms with Crippen LogP contribution in [0.2, 0.25) is 0 Å². The van der Waals surface area contributed by atoms with Crippen molar-refractivity contribution in [3.63, 3.8) is 0 Å². The van der Waals surface area contributed by atoms with Crippen molar-refractivity contribution in [3.8, 4) is 23.0 Å². The van der Waals surface area contributed by atoms with Gasteiger partial charge in [-0.15, -0.1) is 0 Å². The van der Waals surface area contributed by atoms with E-state index in [1.54, 1.807) is 12.1 Å². The molecule has 0 unspecified atom stereocenters. The Morgan fingerprint density at radius 2 is 1.67 bits per heavy atom. The van der Waals surface area contributed by atoms with E-state index in [0.29, 0.717) is 22.4 Å². The van der Waals surface area contributed by atoms with Crippen LogP contribution in [0.5, 0.6) is 23.0 Å². The van der Waals surface area contributed by atoms with Gasteiger partial charge in [0.1, 0.15) is 13.6 Å². The zero-order valence-electron chi connectivity index (χ0n) is 18.1. The maximum absolute atomic E-state index is 11.0. The molecule has 0 atom stereocenters. The number of phosphoric ester groups is 1. The SMILES string of the molecule is COc1ccc(/C=C\c2cc(CO)c(CO)c(OC)c2)c(OP(=O)([O-])[O-])c1O.[H-].[Na+].[Na+]. The van der Waals surface area contributed by atoms with Crippen molar-refractivity contribution in [3.05, 3.63) is 46.5 Å². The molecule has 0 aliphatic heterocycles. The van der Waals surface area contributed by atoms with Gasteiger partial charge < -0.3 is 45.1 Å². The number of rotatable bonds is 8. The van der Waals surface area contributed by atoms with Crippen LogP contribution in [0.1, 0.15) is 23.7 Å². The molecule has 3 N–H and O–H groups in total. The number of phenolic OH excluding ortho intramolecular Hbond substituents is 1. The van der Waals surface area contributed by atoms with Crippen LogP contribution in [-0.2, 0) is 17.8 Å². The molecule has 0 saturated carbocycles. The number of hydrogen-bond acceptors (Lipinski definition) is 9. The molecule has 30 heavy (non-hydrogen) atoms. The summed E-state index contributed by atoms with van der Waals surface area (Å²) in [6, 6.07) is 5.96. The topological polar surface area (TPSA) is 152 Å². The minimum atomic E-state index is -5.43. The Balaban J connectivity index is 0. The van der Waals surface area contributed by atoms with Gasteiger partial charge in [0.25, 0.3) is 0 Å². The van der Waals surface area contributed by atoms with Crippen LogP contribution in [0.15, 0.2) is 24.3 Å². The smallest absolute Gasteiger partial charge is 1.00 e. The minimum Gasteiger partial charge on any atom is -1.00 e. The zero-order chi connectivity index (χ0) is 20.9. The Hall–Kier alpha value is -0.550. The molecule has 0 heterocycles. The molecule has 2 rings (SSSR count). The third-order valence-electron chi connectivity index (χ3n) is 3.88. The Morgan fingerprint density at radius 1 is 1.03 bits per heavy atom. The number of aromatic hydroxyl groups is 1. The van der Waals surface area contributed by atoms with Crippen LogP contribution in [0.4, 0.5) is 0 Å². The zero-order valence-corrected chi connectivity index (χ0v) is 22.0. The number of aliphatic hydroxyl groups is 2. The molecule has 9 nitrogen and oxygen atoms in total. The maximum atomic E-state index is 11.0. The molecule has 0 aromatic heterocycles. The second-order valence-electron chi connectivity index (χ2n) is 5.58. The van der Waals surface area contributed by atoms with E-state index in [0.717, 1.165) is 0 Å². The summed E-state index contributed by atoms with van der Waals surface area (Å²) >= 11 is 0. The Labute approximate surface area is 219 Å². The van der Waals surface area contributed by atoms with Crippen LogP contribution in [-0.4, -0.2) is 29.5 Å². The van der Waals surface area contributed by atoms with E-state index < -0.39 is 19.3 Å². The number of hydrogen-bond donors (Lipinski definition) is 3. The van der Waals surface area contributed by atoms with Crippen LogP contribution < -0.4 is 82.9 Å². The van der Waals surface area contributed by atoms with Crippen LogP contribution in [0.3, 0.4) is 0 Å². The summed E-state index contributed by atoms with van der Waals surface area (Å²) in [5, 5.41) is 29.0. The normalized spacial score (nSPS) is 10.9. The first-order valence-electron chi connectivity index (χ1n) is 7.95. The molecule has 0 bridgehead atoms. The fraction of sp³-hybridized carbons (Fsp3) is 0.222. The van der Waals surface area contributed by atoms with Crippen LogP contribution >= 0.6 is 7.82 Å². The molecule has 0 amide bonds. The molecule has 0 spiro atoms. The fourth-order valence-corrected chi connectivity index (χ4v) is 3.00. The molecule has 12 heteroatoms. The third kappa shape index (κ3) is 7.55. The number of ether oxygens (including phenoxy) is 2. The van der Waals surface area contributed by atoms with Crippen LogP contribution in [0, 0.1) is 0 Å². The molecular weight excluding hydrogens is 437 g/mol. The fourth-order valence-electron chi connectivity index (χ4n) is 2.58. The Morgan fingerprint density at radius 3 is 2.17 bits per heavy atom. The van der Waals surface area contributed by atoms with Crippen molar-refractivity contribution >= 4 is 20.0 Å². The van der Waals surface area contributed by atoms with Gasteiger partial charge in [-0.25, -0.2) is 0 Å². The van der Waals surface area contributed by atoms with Crippen molar-refractivity contribution in [2.45, 2.75) is 13.2 Å². The van der Waals surface area contributed by atoms with E-state index in [2.05, 4.69) is 4.52 Å². The molecule has 0 radical (unpaired) electrons. The third-order valence-corrected chi connectivity index (χ3v) is 4.28. The second kappa shape index (κ2) is 13.1. The van der Waals surface area contributed by atoms with E-state index >= 15 is 0 Å². The molecule has 154 valence electrons. The summed E-state index contributed by atoms with van der Waals surface area (Å²) in [5.41, 5.74) is 1.53. The van der Waals surface area contributed by atoms with Gasteiger partial charge in [0.05, 0.1) is 27.4 Å². The average molecular weight is 457 g/mol. The van der Waals surface area contributed by atoms with Crippen molar-refractivity contribution in [1.29, 1.82) is 0 Å². The molecule has 0 saturated heterocycles. The predicted molar refractivity (Wildman–Crippen MR) is 97.8 cm³/mol. The van der Waals surface area contributed by atoms with E-state index in [9.17, 15) is 29.7 Å². The molecule has 0 aliphatic rings. The quantitative estimate of drug-likeness (QED) is 0.201. The Kier molecular flexibility index (Phi) is 12.9. The van der Waals surface area contributed by atoms with Crippen molar-refractivity contribution in [2.24, 2.45) is 0 Å². The summed E-state index contributed by atoms with van der Waals surface area (Å²) in [6.07, 6.45) is 2.93. The van der Waals surface area contributed by atoms with E-state index in [1.807, 2.05) is 0 Å². The van der Waals surface area contributed by atoms with E-state index in [-0.39, 0.29) is 85.1 Å². The van der Waals surface area contributed by atoms with E-state index in [4.69, 9.17) is 9.47 Å². The number of phosphoric acid groups is 1. The first-order valence-corrected chi connectivity index (χ1v) is 9.41. The summed E-state index contributed by atoms with van der Waals surface area (Å²) < 4.78 is 25.5. The van der Waals surface area contributed by atoms with Gasteiger partial charge in [-0.05, 0) is 35.4 Å². The van der Waals surface area contributed by atoms with Gasteiger partial charge in [0.2, 0.25) is 5.75 Å². The maximum Gasteiger partial charge on any atom is 1.00 e. The molecule has 2 aromatic rings. The molecule has 0 fully saturated rings. The molecular formula is C18H20Na2O9P-. The van der Waals surface area contributed by atoms with Gasteiger partial charge in [-0.1, -0.05) is 12.2 Å². The van der Waals surface area contributed by atoms with Crippen LogP contribution in [0.25, 0.3) is 12.2 Å². The first-order chi connectivity index (χ1) is 13.2. The Bertz CT molecular complexity index is 909. The van der Waals surface area contributed by atoms with Crippen molar-refractivity contribution < 1.29 is 104 Å². The van der Waals surface area contributed by atoms with Gasteiger partial charge in [-0.3, -0.25) is 0 Å². The number of phenols is 1. The van der Waals surface area contributed by atoms with E-state index in [1.165, 1.54) is 38.5 Å². The van der Waals surface area contributed by atoms with Gasteiger partial charge >= 0.3 is 59.1 Å². The number of methoxy groups -OCH3 is 2. The number of benzene rings is 2. The number of aliphatic hydroxyl groups excluding tert-OH is 2. The standard InChI is InChI=1S/C18H21O9P.2Na.H/c1-25-15-6-5-12(18(17(15)21)27-28(22,23)24)4-3-11-7-13(9-19)14(10-20)16(8-11)26-2;;;/h3-8,19-21H,9-10H2,1-2H3,(H2,22,23,24);;;/q;2*+1;-1/p-2/b4-3-;;;. The average Bonchev–Trinajstić information content (AvgIpc) is 2.66. The molecule has 0 aliphatic carbocycles. The van der Waals surface area contributed by atoms with Gasteiger partial charge in [0.15, 0.2) is 11.5 Å². The second-order valence-corrected chi connectivity index (χ2v) is 6.66. The van der Waals surface area contributed by atoms with Crippen molar-refractivity contribution in [2.75, 3.05) is 14.2 Å². The first kappa shape index (κ1) is 29.5. The largest absolute Gasteiger partial charge is 1.00 e. The summed E-state index contributed by atoms with van der Waals surface area (Å²) in [7, 11) is -2.76. The van der Waals surface area contributed by atoms with Gasteiger partial charge in [-0.2, -0.15) is 0 Å². The summed E-state index contributed by atoms with van der Waals surface area (Å²) in [5.74, 6) is -0.922. The summed E-state index contributed by atoms with van der Waals surface area (Å²) in [6.45, 7) is -0.656.